The molecule has 0 radical (unpaired) electrons. The van der Waals surface area contributed by atoms with Gasteiger partial charge in [-0.1, -0.05) is 34.1 Å². The largest absolute Gasteiger partial charge is 0.381 e. The molecule has 0 spiro atoms. The van der Waals surface area contributed by atoms with Gasteiger partial charge in [0.15, 0.2) is 0 Å². The van der Waals surface area contributed by atoms with Gasteiger partial charge >= 0.3 is 0 Å². The second-order valence-electron chi connectivity index (χ2n) is 4.59. The van der Waals surface area contributed by atoms with Crippen molar-refractivity contribution in [3.05, 3.63) is 63.1 Å². The van der Waals surface area contributed by atoms with Crippen LogP contribution in [0.2, 0.25) is 0 Å². The lowest BCUT2D eigenvalue weighted by Gasteiger charge is -2.11. The first-order valence-electron chi connectivity index (χ1n) is 6.10. The molecule has 0 saturated carbocycles. The van der Waals surface area contributed by atoms with Gasteiger partial charge in [-0.25, -0.2) is 0 Å². The normalized spacial score (nSPS) is 10.0. The van der Waals surface area contributed by atoms with Crippen LogP contribution in [0.3, 0.4) is 0 Å². The van der Waals surface area contributed by atoms with Gasteiger partial charge in [-0.15, -0.1) is 0 Å². The molecule has 0 aliphatic carbocycles. The van der Waals surface area contributed by atoms with Gasteiger partial charge in [0.25, 0.3) is 0 Å². The lowest BCUT2D eigenvalue weighted by molar-refractivity contribution is 1.12. The van der Waals surface area contributed by atoms with Crippen LogP contribution in [-0.2, 0) is 6.54 Å². The van der Waals surface area contributed by atoms with Crippen molar-refractivity contribution in [3.63, 3.8) is 0 Å². The molecule has 0 heterocycles. The van der Waals surface area contributed by atoms with Crippen molar-refractivity contribution in [2.24, 2.45) is 0 Å². The molecule has 0 fully saturated rings. The molecular weight excluding hydrogens is 300 g/mol. The number of nitrogens with one attached hydrogen (secondary N) is 1. The Morgan fingerprint density at radius 3 is 2.63 bits per heavy atom. The Balaban J connectivity index is 2.16. The van der Waals surface area contributed by atoms with Gasteiger partial charge in [0.05, 0.1) is 11.6 Å². The number of halogens is 1. The second-order valence-corrected chi connectivity index (χ2v) is 5.44. The molecule has 0 aromatic heterocycles. The van der Waals surface area contributed by atoms with Crippen molar-refractivity contribution in [3.8, 4) is 6.07 Å². The molecule has 0 atom stereocenters. The van der Waals surface area contributed by atoms with E-state index >= 15 is 0 Å². The highest BCUT2D eigenvalue weighted by Gasteiger charge is 2.03. The number of rotatable bonds is 3. The van der Waals surface area contributed by atoms with E-state index in [1.165, 1.54) is 11.1 Å². The van der Waals surface area contributed by atoms with E-state index in [1.54, 1.807) is 0 Å². The fourth-order valence-corrected chi connectivity index (χ4v) is 2.50. The number of hydrogen-bond donors (Lipinski definition) is 1. The minimum Gasteiger partial charge on any atom is -0.381 e. The van der Waals surface area contributed by atoms with Crippen molar-refractivity contribution < 1.29 is 0 Å². The Hall–Kier alpha value is -1.79. The zero-order chi connectivity index (χ0) is 13.8. The van der Waals surface area contributed by atoms with E-state index in [-0.39, 0.29) is 0 Å². The summed E-state index contributed by atoms with van der Waals surface area (Å²) in [6.07, 6.45) is 0. The molecule has 0 aliphatic rings. The van der Waals surface area contributed by atoms with Crippen molar-refractivity contribution in [2.45, 2.75) is 20.4 Å². The first-order valence-corrected chi connectivity index (χ1v) is 6.89. The predicted molar refractivity (Wildman–Crippen MR) is 82.1 cm³/mol. The van der Waals surface area contributed by atoms with Crippen LogP contribution in [0.15, 0.2) is 40.9 Å². The third-order valence-electron chi connectivity index (χ3n) is 3.04. The van der Waals surface area contributed by atoms with E-state index in [4.69, 9.17) is 5.26 Å². The number of hydrogen-bond acceptors (Lipinski definition) is 2. The summed E-state index contributed by atoms with van der Waals surface area (Å²) in [7, 11) is 0. The molecule has 96 valence electrons. The summed E-state index contributed by atoms with van der Waals surface area (Å²) in [6, 6.07) is 14.2. The molecule has 0 unspecified atom stereocenters. The van der Waals surface area contributed by atoms with Crippen molar-refractivity contribution in [1.82, 2.24) is 0 Å². The topological polar surface area (TPSA) is 35.8 Å². The smallest absolute Gasteiger partial charge is 0.0992 e. The average Bonchev–Trinajstić information content (AvgIpc) is 2.39. The fraction of sp³-hybridized carbons (Fsp3) is 0.188. The Morgan fingerprint density at radius 2 is 1.95 bits per heavy atom. The summed E-state index contributed by atoms with van der Waals surface area (Å²) < 4.78 is 1.11. The molecule has 1 N–H and O–H groups in total. The van der Waals surface area contributed by atoms with Crippen LogP contribution in [0.25, 0.3) is 0 Å². The van der Waals surface area contributed by atoms with E-state index in [0.29, 0.717) is 5.56 Å². The van der Waals surface area contributed by atoms with Gasteiger partial charge in [-0.2, -0.15) is 5.26 Å². The average molecular weight is 315 g/mol. The lowest BCUT2D eigenvalue weighted by Crippen LogP contribution is -2.02. The highest BCUT2D eigenvalue weighted by Crippen LogP contribution is 2.21. The van der Waals surface area contributed by atoms with E-state index in [9.17, 15) is 0 Å². The predicted octanol–water partition coefficient (Wildman–Crippen LogP) is 4.55. The molecule has 0 amide bonds. The summed E-state index contributed by atoms with van der Waals surface area (Å²) in [4.78, 5) is 0. The van der Waals surface area contributed by atoms with Gasteiger partial charge in [0, 0.05) is 16.7 Å². The summed E-state index contributed by atoms with van der Waals surface area (Å²) in [6.45, 7) is 4.84. The Morgan fingerprint density at radius 1 is 1.16 bits per heavy atom. The standard InChI is InChI=1S/C16H15BrN2/c1-11-3-6-14(15(17)7-11)10-19-16-8-13(9-18)5-4-12(16)2/h3-8,19H,10H2,1-2H3. The number of benzene rings is 2. The monoisotopic (exact) mass is 314 g/mol. The van der Waals surface area contributed by atoms with Gasteiger partial charge in [-0.3, -0.25) is 0 Å². The Labute approximate surface area is 122 Å². The van der Waals surface area contributed by atoms with Crippen LogP contribution in [0.5, 0.6) is 0 Å². The highest BCUT2D eigenvalue weighted by molar-refractivity contribution is 9.10. The lowest BCUT2D eigenvalue weighted by atomic mass is 10.1. The molecule has 2 aromatic carbocycles. The fourth-order valence-electron chi connectivity index (χ4n) is 1.87. The SMILES string of the molecule is Cc1ccc(CNc2cc(C#N)ccc2C)c(Br)c1. The van der Waals surface area contributed by atoms with Crippen LogP contribution in [0, 0.1) is 25.2 Å². The summed E-state index contributed by atoms with van der Waals surface area (Å²) in [5.41, 5.74) is 5.26. The quantitative estimate of drug-likeness (QED) is 0.902. The Kier molecular flexibility index (Phi) is 4.24. The number of anilines is 1. The molecule has 0 aliphatic heterocycles. The molecule has 19 heavy (non-hydrogen) atoms. The summed E-state index contributed by atoms with van der Waals surface area (Å²) in [5, 5.41) is 12.3. The van der Waals surface area contributed by atoms with E-state index < -0.39 is 0 Å². The molecule has 2 nitrogen and oxygen atoms in total. The van der Waals surface area contributed by atoms with E-state index in [1.807, 2.05) is 25.1 Å². The summed E-state index contributed by atoms with van der Waals surface area (Å²) >= 11 is 3.57. The van der Waals surface area contributed by atoms with E-state index in [2.05, 4.69) is 52.4 Å². The molecule has 0 bridgehead atoms. The third-order valence-corrected chi connectivity index (χ3v) is 3.78. The third kappa shape index (κ3) is 3.36. The zero-order valence-electron chi connectivity index (χ0n) is 11.0. The molecular formula is C16H15BrN2. The van der Waals surface area contributed by atoms with Gasteiger partial charge in [0.2, 0.25) is 0 Å². The second kappa shape index (κ2) is 5.90. The number of nitriles is 1. The van der Waals surface area contributed by atoms with Crippen LogP contribution in [0.4, 0.5) is 5.69 Å². The van der Waals surface area contributed by atoms with Gasteiger partial charge in [0.1, 0.15) is 0 Å². The first-order chi connectivity index (χ1) is 9.10. The first kappa shape index (κ1) is 13.6. The van der Waals surface area contributed by atoms with Crippen LogP contribution < -0.4 is 5.32 Å². The molecule has 0 saturated heterocycles. The van der Waals surface area contributed by atoms with Crippen LogP contribution in [-0.4, -0.2) is 0 Å². The number of aryl methyl sites for hydroxylation is 2. The van der Waals surface area contributed by atoms with Crippen molar-refractivity contribution in [1.29, 1.82) is 5.26 Å². The summed E-state index contributed by atoms with van der Waals surface area (Å²) in [5.74, 6) is 0. The van der Waals surface area contributed by atoms with Crippen LogP contribution >= 0.6 is 15.9 Å². The zero-order valence-corrected chi connectivity index (χ0v) is 12.6. The molecule has 2 aromatic rings. The minimum atomic E-state index is 0.677. The van der Waals surface area contributed by atoms with Crippen molar-refractivity contribution >= 4 is 21.6 Å². The minimum absolute atomic E-state index is 0.677. The number of nitrogens with zero attached hydrogens (tertiary/aromatic N) is 1. The maximum Gasteiger partial charge on any atom is 0.0992 e. The van der Waals surface area contributed by atoms with Crippen molar-refractivity contribution in [2.75, 3.05) is 5.32 Å². The maximum absolute atomic E-state index is 8.93. The van der Waals surface area contributed by atoms with Crippen LogP contribution in [0.1, 0.15) is 22.3 Å². The Bertz CT molecular complexity index is 642. The molecule has 3 heteroatoms. The van der Waals surface area contributed by atoms with E-state index in [0.717, 1.165) is 22.3 Å². The van der Waals surface area contributed by atoms with Gasteiger partial charge in [-0.05, 0) is 48.7 Å². The molecule has 2 rings (SSSR count). The van der Waals surface area contributed by atoms with Gasteiger partial charge < -0.3 is 5.32 Å². The maximum atomic E-state index is 8.93. The highest BCUT2D eigenvalue weighted by atomic mass is 79.9.